The predicted octanol–water partition coefficient (Wildman–Crippen LogP) is 4.88. The SMILES string of the molecule is CC(C)(C)[C@H](CCC=O)Nc1cccc(F)c1C(=O)Nc1ccccc1. The average Bonchev–Trinajstić information content (AvgIpc) is 2.58. The van der Waals surface area contributed by atoms with Crippen LogP contribution in [0.3, 0.4) is 0 Å². The van der Waals surface area contributed by atoms with Crippen molar-refractivity contribution in [3.63, 3.8) is 0 Å². The minimum atomic E-state index is -0.591. The predicted molar refractivity (Wildman–Crippen MR) is 103 cm³/mol. The number of hydrogen-bond acceptors (Lipinski definition) is 3. The molecule has 2 aromatic carbocycles. The van der Waals surface area contributed by atoms with Gasteiger partial charge in [-0.15, -0.1) is 0 Å². The monoisotopic (exact) mass is 356 g/mol. The fourth-order valence-electron chi connectivity index (χ4n) is 2.73. The minimum absolute atomic E-state index is 0.0308. The molecule has 0 radical (unpaired) electrons. The molecule has 2 N–H and O–H groups in total. The molecule has 1 atom stereocenters. The molecule has 0 spiro atoms. The smallest absolute Gasteiger partial charge is 0.260 e. The molecule has 2 aromatic rings. The van der Waals surface area contributed by atoms with Crippen LogP contribution in [-0.4, -0.2) is 18.2 Å². The van der Waals surface area contributed by atoms with Crippen molar-refractivity contribution < 1.29 is 14.0 Å². The molecular formula is C21H25FN2O2. The molecule has 26 heavy (non-hydrogen) atoms. The Hall–Kier alpha value is -2.69. The molecule has 0 bridgehead atoms. The largest absolute Gasteiger partial charge is 0.381 e. The van der Waals surface area contributed by atoms with Gasteiger partial charge in [-0.25, -0.2) is 4.39 Å². The molecule has 5 heteroatoms. The van der Waals surface area contributed by atoms with Gasteiger partial charge >= 0.3 is 0 Å². The van der Waals surface area contributed by atoms with Crippen LogP contribution in [0, 0.1) is 11.2 Å². The van der Waals surface area contributed by atoms with E-state index >= 15 is 0 Å². The van der Waals surface area contributed by atoms with E-state index in [2.05, 4.69) is 10.6 Å². The summed E-state index contributed by atoms with van der Waals surface area (Å²) in [5.41, 5.74) is 0.823. The van der Waals surface area contributed by atoms with E-state index < -0.39 is 11.7 Å². The number of anilines is 2. The first-order chi connectivity index (χ1) is 12.3. The zero-order chi connectivity index (χ0) is 19.2. The fraction of sp³-hybridized carbons (Fsp3) is 0.333. The summed E-state index contributed by atoms with van der Waals surface area (Å²) >= 11 is 0. The Morgan fingerprint density at radius 1 is 1.12 bits per heavy atom. The second-order valence-electron chi connectivity index (χ2n) is 7.29. The maximum absolute atomic E-state index is 14.4. The van der Waals surface area contributed by atoms with Crippen LogP contribution in [-0.2, 0) is 4.79 Å². The van der Waals surface area contributed by atoms with Crippen molar-refractivity contribution in [2.24, 2.45) is 5.41 Å². The van der Waals surface area contributed by atoms with E-state index in [9.17, 15) is 14.0 Å². The summed E-state index contributed by atoms with van der Waals surface area (Å²) in [5.74, 6) is -1.11. The number of nitrogens with one attached hydrogen (secondary N) is 2. The summed E-state index contributed by atoms with van der Waals surface area (Å²) in [4.78, 5) is 23.4. The van der Waals surface area contributed by atoms with Gasteiger partial charge in [0.1, 0.15) is 12.1 Å². The van der Waals surface area contributed by atoms with E-state index in [1.165, 1.54) is 6.07 Å². The minimum Gasteiger partial charge on any atom is -0.381 e. The van der Waals surface area contributed by atoms with Crippen LogP contribution in [0.1, 0.15) is 44.0 Å². The first-order valence-electron chi connectivity index (χ1n) is 8.68. The average molecular weight is 356 g/mol. The van der Waals surface area contributed by atoms with Gasteiger partial charge in [0.2, 0.25) is 0 Å². The number of amides is 1. The third-order valence-electron chi connectivity index (χ3n) is 4.22. The van der Waals surface area contributed by atoms with E-state index in [1.54, 1.807) is 36.4 Å². The summed E-state index contributed by atoms with van der Waals surface area (Å²) < 4.78 is 14.4. The van der Waals surface area contributed by atoms with Crippen molar-refractivity contribution in [2.75, 3.05) is 10.6 Å². The number of para-hydroxylation sites is 1. The number of benzene rings is 2. The van der Waals surface area contributed by atoms with E-state index in [4.69, 9.17) is 0 Å². The number of carbonyl (C=O) groups is 2. The van der Waals surface area contributed by atoms with Crippen LogP contribution in [0.4, 0.5) is 15.8 Å². The Bertz CT molecular complexity index is 754. The molecule has 0 saturated heterocycles. The molecule has 0 aliphatic carbocycles. The fourth-order valence-corrected chi connectivity index (χ4v) is 2.73. The maximum atomic E-state index is 14.4. The van der Waals surface area contributed by atoms with Crippen LogP contribution in [0.15, 0.2) is 48.5 Å². The summed E-state index contributed by atoms with van der Waals surface area (Å²) in [6, 6.07) is 13.4. The zero-order valence-corrected chi connectivity index (χ0v) is 15.4. The third kappa shape index (κ3) is 5.15. The van der Waals surface area contributed by atoms with Crippen LogP contribution in [0.2, 0.25) is 0 Å². The highest BCUT2D eigenvalue weighted by atomic mass is 19.1. The molecular weight excluding hydrogens is 331 g/mol. The summed E-state index contributed by atoms with van der Waals surface area (Å²) in [5, 5.41) is 5.99. The third-order valence-corrected chi connectivity index (χ3v) is 4.22. The number of carbonyl (C=O) groups excluding carboxylic acids is 2. The van der Waals surface area contributed by atoms with Gasteiger partial charge in [-0.05, 0) is 36.1 Å². The van der Waals surface area contributed by atoms with Gasteiger partial charge < -0.3 is 15.4 Å². The van der Waals surface area contributed by atoms with Crippen molar-refractivity contribution in [1.29, 1.82) is 0 Å². The molecule has 2 rings (SSSR count). The molecule has 0 aromatic heterocycles. The van der Waals surface area contributed by atoms with Gasteiger partial charge in [0, 0.05) is 18.2 Å². The Labute approximate surface area is 153 Å². The molecule has 0 aliphatic rings. The van der Waals surface area contributed by atoms with Gasteiger partial charge in [0.15, 0.2) is 0 Å². The maximum Gasteiger partial charge on any atom is 0.260 e. The Morgan fingerprint density at radius 2 is 1.81 bits per heavy atom. The van der Waals surface area contributed by atoms with Gasteiger partial charge in [0.05, 0.1) is 11.3 Å². The van der Waals surface area contributed by atoms with Crippen molar-refractivity contribution in [1.82, 2.24) is 0 Å². The second-order valence-corrected chi connectivity index (χ2v) is 7.29. The van der Waals surface area contributed by atoms with Crippen molar-refractivity contribution >= 4 is 23.6 Å². The van der Waals surface area contributed by atoms with Gasteiger partial charge in [-0.1, -0.05) is 45.0 Å². The van der Waals surface area contributed by atoms with E-state index in [1.807, 2.05) is 26.8 Å². The van der Waals surface area contributed by atoms with Crippen LogP contribution in [0.5, 0.6) is 0 Å². The Balaban J connectivity index is 2.30. The molecule has 0 fully saturated rings. The van der Waals surface area contributed by atoms with Crippen molar-refractivity contribution in [3.05, 3.63) is 59.9 Å². The van der Waals surface area contributed by atoms with Crippen molar-refractivity contribution in [2.45, 2.75) is 39.7 Å². The standard InChI is InChI=1S/C21H25FN2O2/c1-21(2,3)18(13-8-14-25)24-17-12-7-11-16(22)19(17)20(26)23-15-9-5-4-6-10-15/h4-7,9-12,14,18,24H,8,13H2,1-3H3,(H,23,26)/t18-/m0/s1. The quantitative estimate of drug-likeness (QED) is 0.695. The molecule has 1 amide bonds. The lowest BCUT2D eigenvalue weighted by Gasteiger charge is -2.32. The second kappa shape index (κ2) is 8.61. The number of halogens is 1. The number of rotatable bonds is 7. The first kappa shape index (κ1) is 19.6. The molecule has 138 valence electrons. The van der Waals surface area contributed by atoms with Gasteiger partial charge in [-0.3, -0.25) is 4.79 Å². The van der Waals surface area contributed by atoms with Crippen LogP contribution < -0.4 is 10.6 Å². The van der Waals surface area contributed by atoms with Crippen LogP contribution in [0.25, 0.3) is 0 Å². The Kier molecular flexibility index (Phi) is 6.50. The molecule has 0 aliphatic heterocycles. The highest BCUT2D eigenvalue weighted by molar-refractivity contribution is 6.08. The van der Waals surface area contributed by atoms with Gasteiger partial charge in [-0.2, -0.15) is 0 Å². The molecule has 0 unspecified atom stereocenters. The normalized spacial score (nSPS) is 12.3. The summed E-state index contributed by atoms with van der Waals surface area (Å²) in [6.07, 6.45) is 1.87. The molecule has 0 heterocycles. The lowest BCUT2D eigenvalue weighted by molar-refractivity contribution is -0.108. The molecule has 4 nitrogen and oxygen atoms in total. The summed E-state index contributed by atoms with van der Waals surface area (Å²) in [6.45, 7) is 6.12. The first-order valence-corrected chi connectivity index (χ1v) is 8.68. The number of hydrogen-bond donors (Lipinski definition) is 2. The topological polar surface area (TPSA) is 58.2 Å². The lowest BCUT2D eigenvalue weighted by Crippen LogP contribution is -2.35. The molecule has 0 saturated carbocycles. The zero-order valence-electron chi connectivity index (χ0n) is 15.4. The van der Waals surface area contributed by atoms with Gasteiger partial charge in [0.25, 0.3) is 5.91 Å². The highest BCUT2D eigenvalue weighted by Gasteiger charge is 2.26. The highest BCUT2D eigenvalue weighted by Crippen LogP contribution is 2.29. The van der Waals surface area contributed by atoms with Crippen molar-refractivity contribution in [3.8, 4) is 0 Å². The van der Waals surface area contributed by atoms with E-state index in [-0.39, 0.29) is 17.0 Å². The van der Waals surface area contributed by atoms with E-state index in [0.717, 1.165) is 6.29 Å². The number of aldehydes is 1. The van der Waals surface area contributed by atoms with Crippen LogP contribution >= 0.6 is 0 Å². The summed E-state index contributed by atoms with van der Waals surface area (Å²) in [7, 11) is 0. The van der Waals surface area contributed by atoms with E-state index in [0.29, 0.717) is 24.2 Å². The Morgan fingerprint density at radius 3 is 2.42 bits per heavy atom. The lowest BCUT2D eigenvalue weighted by atomic mass is 9.83.